The van der Waals surface area contributed by atoms with Gasteiger partial charge in [-0.1, -0.05) is 0 Å². The molecule has 2 rings (SSSR count). The second-order valence-electron chi connectivity index (χ2n) is 4.34. The van der Waals surface area contributed by atoms with Crippen LogP contribution in [-0.2, 0) is 6.42 Å². The molecule has 0 radical (unpaired) electrons. The van der Waals surface area contributed by atoms with Gasteiger partial charge in [-0.15, -0.1) is 0 Å². The Bertz CT molecular complexity index is 411. The standard InChI is InChI=1S/C13H17NO3/c1-17-13-7-10(8-15)9(6-12(13)16)5-11-3-2-4-14-11/h6-8,11,14,16H,2-5H2,1H3. The molecule has 0 bridgehead atoms. The van der Waals surface area contributed by atoms with Crippen molar-refractivity contribution in [2.75, 3.05) is 13.7 Å². The normalized spacial score (nSPS) is 19.2. The molecule has 0 amide bonds. The number of phenolic OH excluding ortho intramolecular Hbond substituents is 1. The first-order valence-electron chi connectivity index (χ1n) is 5.83. The van der Waals surface area contributed by atoms with Crippen LogP contribution in [0.5, 0.6) is 11.5 Å². The minimum absolute atomic E-state index is 0.0890. The van der Waals surface area contributed by atoms with Crippen LogP contribution in [0.15, 0.2) is 12.1 Å². The number of rotatable bonds is 4. The Kier molecular flexibility index (Phi) is 3.64. The van der Waals surface area contributed by atoms with Crippen molar-refractivity contribution in [1.82, 2.24) is 5.32 Å². The number of carbonyl (C=O) groups excluding carboxylic acids is 1. The van der Waals surface area contributed by atoms with Gasteiger partial charge in [-0.2, -0.15) is 0 Å². The minimum Gasteiger partial charge on any atom is -0.504 e. The molecule has 1 heterocycles. The zero-order chi connectivity index (χ0) is 12.3. The van der Waals surface area contributed by atoms with E-state index in [0.717, 1.165) is 31.2 Å². The van der Waals surface area contributed by atoms with Crippen LogP contribution >= 0.6 is 0 Å². The lowest BCUT2D eigenvalue weighted by Gasteiger charge is -2.13. The molecule has 0 aromatic heterocycles. The molecule has 4 nitrogen and oxygen atoms in total. The van der Waals surface area contributed by atoms with Gasteiger partial charge in [-0.05, 0) is 43.5 Å². The average Bonchev–Trinajstić information content (AvgIpc) is 2.82. The van der Waals surface area contributed by atoms with Gasteiger partial charge in [-0.3, -0.25) is 4.79 Å². The molecule has 1 aromatic rings. The van der Waals surface area contributed by atoms with Crippen LogP contribution in [0.25, 0.3) is 0 Å². The van der Waals surface area contributed by atoms with E-state index in [9.17, 15) is 9.90 Å². The Labute approximate surface area is 101 Å². The highest BCUT2D eigenvalue weighted by Gasteiger charge is 2.17. The summed E-state index contributed by atoms with van der Waals surface area (Å²) in [5.74, 6) is 0.432. The zero-order valence-electron chi connectivity index (χ0n) is 9.90. The predicted octanol–water partition coefficient (Wildman–Crippen LogP) is 1.51. The summed E-state index contributed by atoms with van der Waals surface area (Å²) in [6, 6.07) is 3.62. The Balaban J connectivity index is 2.25. The van der Waals surface area contributed by atoms with Gasteiger partial charge in [0.05, 0.1) is 7.11 Å². The number of aldehydes is 1. The van der Waals surface area contributed by atoms with Crippen LogP contribution in [0.3, 0.4) is 0 Å². The summed E-state index contributed by atoms with van der Waals surface area (Å²) < 4.78 is 4.99. The number of carbonyl (C=O) groups is 1. The van der Waals surface area contributed by atoms with Crippen molar-refractivity contribution < 1.29 is 14.6 Å². The number of phenols is 1. The van der Waals surface area contributed by atoms with E-state index in [0.29, 0.717) is 17.4 Å². The van der Waals surface area contributed by atoms with E-state index in [-0.39, 0.29) is 5.75 Å². The Hall–Kier alpha value is -1.55. The highest BCUT2D eigenvalue weighted by molar-refractivity contribution is 5.79. The van der Waals surface area contributed by atoms with Crippen molar-refractivity contribution in [2.45, 2.75) is 25.3 Å². The molecule has 0 aliphatic carbocycles. The number of aromatic hydroxyl groups is 1. The van der Waals surface area contributed by atoms with E-state index in [1.807, 2.05) is 0 Å². The maximum absolute atomic E-state index is 11.0. The molecule has 0 saturated carbocycles. The zero-order valence-corrected chi connectivity index (χ0v) is 9.90. The third kappa shape index (κ3) is 2.58. The van der Waals surface area contributed by atoms with Gasteiger partial charge in [-0.25, -0.2) is 0 Å². The van der Waals surface area contributed by atoms with Gasteiger partial charge in [0.2, 0.25) is 0 Å². The van der Waals surface area contributed by atoms with Crippen molar-refractivity contribution in [1.29, 1.82) is 0 Å². The Morgan fingerprint density at radius 2 is 2.41 bits per heavy atom. The Morgan fingerprint density at radius 3 is 3.00 bits per heavy atom. The average molecular weight is 235 g/mol. The van der Waals surface area contributed by atoms with Crippen LogP contribution < -0.4 is 10.1 Å². The predicted molar refractivity (Wildman–Crippen MR) is 64.8 cm³/mol. The molecule has 1 unspecified atom stereocenters. The molecule has 1 atom stereocenters. The van der Waals surface area contributed by atoms with Gasteiger partial charge in [0.1, 0.15) is 6.29 Å². The highest BCUT2D eigenvalue weighted by atomic mass is 16.5. The van der Waals surface area contributed by atoms with Crippen LogP contribution in [-0.4, -0.2) is 31.1 Å². The fraction of sp³-hybridized carbons (Fsp3) is 0.462. The second-order valence-corrected chi connectivity index (χ2v) is 4.34. The van der Waals surface area contributed by atoms with Gasteiger partial charge in [0, 0.05) is 11.6 Å². The van der Waals surface area contributed by atoms with Gasteiger partial charge in [0.25, 0.3) is 0 Å². The van der Waals surface area contributed by atoms with Gasteiger partial charge < -0.3 is 15.2 Å². The minimum atomic E-state index is 0.0890. The van der Waals surface area contributed by atoms with Crippen molar-refractivity contribution in [3.63, 3.8) is 0 Å². The molecule has 1 aromatic carbocycles. The fourth-order valence-corrected chi connectivity index (χ4v) is 2.27. The van der Waals surface area contributed by atoms with E-state index >= 15 is 0 Å². The molecule has 1 fully saturated rings. The molecule has 1 aliphatic heterocycles. The van der Waals surface area contributed by atoms with E-state index in [4.69, 9.17) is 4.74 Å². The lowest BCUT2D eigenvalue weighted by atomic mass is 9.99. The molecule has 4 heteroatoms. The molecular weight excluding hydrogens is 218 g/mol. The third-order valence-corrected chi connectivity index (χ3v) is 3.20. The molecule has 0 spiro atoms. The summed E-state index contributed by atoms with van der Waals surface area (Å²) in [7, 11) is 1.47. The summed E-state index contributed by atoms with van der Waals surface area (Å²) in [6.07, 6.45) is 3.87. The van der Waals surface area contributed by atoms with E-state index in [1.165, 1.54) is 13.5 Å². The Morgan fingerprint density at radius 1 is 1.59 bits per heavy atom. The van der Waals surface area contributed by atoms with Crippen LogP contribution in [0, 0.1) is 0 Å². The summed E-state index contributed by atoms with van der Waals surface area (Å²) in [4.78, 5) is 11.0. The molecule has 92 valence electrons. The molecular formula is C13H17NO3. The number of ether oxygens (including phenoxy) is 1. The smallest absolute Gasteiger partial charge is 0.161 e. The maximum atomic E-state index is 11.0. The van der Waals surface area contributed by atoms with E-state index < -0.39 is 0 Å². The lowest BCUT2D eigenvalue weighted by molar-refractivity contribution is 0.112. The van der Waals surface area contributed by atoms with Crippen molar-refractivity contribution >= 4 is 6.29 Å². The SMILES string of the molecule is COc1cc(C=O)c(CC2CCCN2)cc1O. The summed E-state index contributed by atoms with van der Waals surface area (Å²) >= 11 is 0. The van der Waals surface area contributed by atoms with Crippen LogP contribution in [0.1, 0.15) is 28.8 Å². The number of methoxy groups -OCH3 is 1. The fourth-order valence-electron chi connectivity index (χ4n) is 2.27. The van der Waals surface area contributed by atoms with E-state index in [1.54, 1.807) is 12.1 Å². The highest BCUT2D eigenvalue weighted by Crippen LogP contribution is 2.30. The molecule has 17 heavy (non-hydrogen) atoms. The van der Waals surface area contributed by atoms with Crippen molar-refractivity contribution in [3.05, 3.63) is 23.3 Å². The van der Waals surface area contributed by atoms with Crippen molar-refractivity contribution in [2.24, 2.45) is 0 Å². The summed E-state index contributed by atoms with van der Waals surface area (Å²) in [5, 5.41) is 13.1. The summed E-state index contributed by atoms with van der Waals surface area (Å²) in [6.45, 7) is 1.03. The van der Waals surface area contributed by atoms with Crippen LogP contribution in [0.4, 0.5) is 0 Å². The topological polar surface area (TPSA) is 58.6 Å². The largest absolute Gasteiger partial charge is 0.504 e. The second kappa shape index (κ2) is 5.19. The van der Waals surface area contributed by atoms with Gasteiger partial charge in [0.15, 0.2) is 11.5 Å². The third-order valence-electron chi connectivity index (χ3n) is 3.20. The molecule has 1 saturated heterocycles. The number of benzene rings is 1. The number of hydrogen-bond acceptors (Lipinski definition) is 4. The van der Waals surface area contributed by atoms with Gasteiger partial charge >= 0.3 is 0 Å². The monoisotopic (exact) mass is 235 g/mol. The lowest BCUT2D eigenvalue weighted by Crippen LogP contribution is -2.24. The van der Waals surface area contributed by atoms with Crippen molar-refractivity contribution in [3.8, 4) is 11.5 Å². The first kappa shape index (κ1) is 11.9. The summed E-state index contributed by atoms with van der Waals surface area (Å²) in [5.41, 5.74) is 1.46. The molecule has 2 N–H and O–H groups in total. The quantitative estimate of drug-likeness (QED) is 0.777. The van der Waals surface area contributed by atoms with E-state index in [2.05, 4.69) is 5.32 Å². The molecule has 1 aliphatic rings. The maximum Gasteiger partial charge on any atom is 0.161 e. The number of hydrogen-bond donors (Lipinski definition) is 2. The first-order chi connectivity index (χ1) is 8.24. The van der Waals surface area contributed by atoms with Crippen LogP contribution in [0.2, 0.25) is 0 Å². The number of nitrogens with one attached hydrogen (secondary N) is 1. The first-order valence-corrected chi connectivity index (χ1v) is 5.83.